The number of aryl methyl sites for hydroxylation is 1. The number of rotatable bonds is 5. The average Bonchev–Trinajstić information content (AvgIpc) is 3.30. The molecule has 2 heterocycles. The molecule has 0 spiro atoms. The quantitative estimate of drug-likeness (QED) is 0.354. The molecule has 0 atom stereocenters. The van der Waals surface area contributed by atoms with Gasteiger partial charge in [-0.2, -0.15) is 5.10 Å². The number of hydrogen-bond donors (Lipinski definition) is 2. The van der Waals surface area contributed by atoms with Gasteiger partial charge in [0.2, 0.25) is 0 Å². The molecule has 0 radical (unpaired) electrons. The van der Waals surface area contributed by atoms with Crippen LogP contribution in [0.2, 0.25) is 5.02 Å². The number of furan rings is 1. The van der Waals surface area contributed by atoms with E-state index >= 15 is 0 Å². The van der Waals surface area contributed by atoms with Crippen molar-refractivity contribution < 1.29 is 14.0 Å². The van der Waals surface area contributed by atoms with Crippen LogP contribution in [0, 0.1) is 13.8 Å². The van der Waals surface area contributed by atoms with E-state index in [-0.39, 0.29) is 11.7 Å². The first-order valence-corrected chi connectivity index (χ1v) is 9.88. The number of hydrogen-bond acceptors (Lipinski definition) is 4. The Labute approximate surface area is 183 Å². The third kappa shape index (κ3) is 4.36. The van der Waals surface area contributed by atoms with Gasteiger partial charge in [-0.1, -0.05) is 29.8 Å². The van der Waals surface area contributed by atoms with Gasteiger partial charge in [0, 0.05) is 32.9 Å². The van der Waals surface area contributed by atoms with E-state index in [2.05, 4.69) is 16.0 Å². The molecular weight excluding hydrogens is 416 g/mol. The second-order valence-electron chi connectivity index (χ2n) is 6.96. The van der Waals surface area contributed by atoms with Gasteiger partial charge in [-0.15, -0.1) is 0 Å². The van der Waals surface area contributed by atoms with Crippen molar-refractivity contribution in [3.05, 3.63) is 94.0 Å². The van der Waals surface area contributed by atoms with E-state index < -0.39 is 5.91 Å². The van der Waals surface area contributed by atoms with Crippen LogP contribution in [0.4, 0.5) is 0 Å². The molecule has 156 valence electrons. The molecule has 0 saturated carbocycles. The molecule has 0 saturated heterocycles. The second-order valence-corrected chi connectivity index (χ2v) is 7.40. The lowest BCUT2D eigenvalue weighted by molar-refractivity contribution is 0.0929. The zero-order valence-electron chi connectivity index (χ0n) is 16.8. The van der Waals surface area contributed by atoms with Gasteiger partial charge in [0.25, 0.3) is 5.91 Å². The van der Waals surface area contributed by atoms with Crippen LogP contribution in [0.15, 0.2) is 70.2 Å². The van der Waals surface area contributed by atoms with E-state index in [0.717, 1.165) is 22.3 Å². The number of aromatic nitrogens is 1. The largest absolute Gasteiger partial charge is 0.451 e. The van der Waals surface area contributed by atoms with Crippen LogP contribution in [0.25, 0.3) is 11.0 Å². The van der Waals surface area contributed by atoms with Gasteiger partial charge < -0.3 is 4.42 Å². The van der Waals surface area contributed by atoms with Crippen LogP contribution in [0.3, 0.4) is 0 Å². The zero-order chi connectivity index (χ0) is 22.0. The summed E-state index contributed by atoms with van der Waals surface area (Å²) in [7, 11) is 0. The second kappa shape index (κ2) is 8.49. The smallest absolute Gasteiger partial charge is 0.307 e. The Balaban J connectivity index is 1.45. The van der Waals surface area contributed by atoms with Gasteiger partial charge in [0.1, 0.15) is 5.58 Å². The number of fused-ring (bicyclic) bond motifs is 1. The lowest BCUT2D eigenvalue weighted by Gasteiger charge is -2.11. The van der Waals surface area contributed by atoms with E-state index in [9.17, 15) is 9.59 Å². The average molecular weight is 435 g/mol. The number of carbonyl (C=O) groups excluding carboxylic acids is 2. The van der Waals surface area contributed by atoms with Crippen LogP contribution in [0.1, 0.15) is 37.9 Å². The first kappa shape index (κ1) is 20.4. The molecule has 0 aliphatic carbocycles. The highest BCUT2D eigenvalue weighted by molar-refractivity contribution is 6.31. The molecule has 0 aliphatic rings. The molecule has 4 rings (SSSR count). The highest BCUT2D eigenvalue weighted by Gasteiger charge is 2.13. The lowest BCUT2D eigenvalue weighted by Crippen LogP contribution is -2.24. The van der Waals surface area contributed by atoms with Crippen LogP contribution < -0.4 is 10.9 Å². The highest BCUT2D eigenvalue weighted by Crippen LogP contribution is 2.23. The van der Waals surface area contributed by atoms with E-state index in [1.807, 2.05) is 38.1 Å². The van der Waals surface area contributed by atoms with Gasteiger partial charge in [-0.3, -0.25) is 19.7 Å². The van der Waals surface area contributed by atoms with Crippen molar-refractivity contribution >= 4 is 40.6 Å². The Bertz CT molecular complexity index is 1310. The van der Waals surface area contributed by atoms with Gasteiger partial charge in [0.15, 0.2) is 5.76 Å². The summed E-state index contributed by atoms with van der Waals surface area (Å²) in [5.41, 5.74) is 8.79. The number of carbonyl (C=O) groups is 2. The normalized spacial score (nSPS) is 11.2. The van der Waals surface area contributed by atoms with Crippen LogP contribution in [0.5, 0.6) is 0 Å². The molecule has 0 aliphatic heterocycles. The molecule has 0 unspecified atom stereocenters. The predicted octanol–water partition coefficient (Wildman–Crippen LogP) is 4.65. The number of benzene rings is 2. The topological polar surface area (TPSA) is 88.6 Å². The predicted molar refractivity (Wildman–Crippen MR) is 120 cm³/mol. The molecule has 2 amide bonds. The van der Waals surface area contributed by atoms with E-state index in [1.54, 1.807) is 41.1 Å². The summed E-state index contributed by atoms with van der Waals surface area (Å²) in [6.45, 7) is 3.72. The minimum absolute atomic E-state index is 0.134. The molecule has 2 N–H and O–H groups in total. The molecule has 2 aromatic carbocycles. The first-order valence-electron chi connectivity index (χ1n) is 9.50. The molecule has 0 fully saturated rings. The molecule has 0 bridgehead atoms. The Morgan fingerprint density at radius 3 is 2.58 bits per heavy atom. The third-order valence-corrected chi connectivity index (χ3v) is 5.03. The van der Waals surface area contributed by atoms with Crippen LogP contribution in [-0.2, 0) is 0 Å². The van der Waals surface area contributed by atoms with Gasteiger partial charge >= 0.3 is 5.91 Å². The fourth-order valence-corrected chi connectivity index (χ4v) is 3.37. The van der Waals surface area contributed by atoms with Gasteiger partial charge in [-0.25, -0.2) is 5.43 Å². The minimum Gasteiger partial charge on any atom is -0.451 e. The number of hydrazone groups is 1. The Kier molecular flexibility index (Phi) is 5.60. The summed E-state index contributed by atoms with van der Waals surface area (Å²) in [4.78, 5) is 24.8. The summed E-state index contributed by atoms with van der Waals surface area (Å²) in [5, 5.41) is 5.32. The SMILES string of the molecule is Cc1cc(/C=N\NC(=O)c2cc3cc(Cl)ccc3o2)c(C)n1NC(=O)c1ccccc1. The third-order valence-electron chi connectivity index (χ3n) is 4.79. The van der Waals surface area contributed by atoms with E-state index in [1.165, 1.54) is 6.21 Å². The van der Waals surface area contributed by atoms with Crippen LogP contribution in [-0.4, -0.2) is 22.7 Å². The Hall–Kier alpha value is -3.84. The molecule has 31 heavy (non-hydrogen) atoms. The fraction of sp³-hybridized carbons (Fsp3) is 0.0870. The van der Waals surface area contributed by atoms with Gasteiger partial charge in [-0.05, 0) is 56.3 Å². The maximum Gasteiger partial charge on any atom is 0.307 e. The summed E-state index contributed by atoms with van der Waals surface area (Å²) in [5.74, 6) is -0.561. The van der Waals surface area contributed by atoms with Crippen molar-refractivity contribution in [3.63, 3.8) is 0 Å². The van der Waals surface area contributed by atoms with Crippen molar-refractivity contribution in [1.29, 1.82) is 0 Å². The van der Waals surface area contributed by atoms with Crippen molar-refractivity contribution in [2.45, 2.75) is 13.8 Å². The zero-order valence-corrected chi connectivity index (χ0v) is 17.6. The lowest BCUT2D eigenvalue weighted by atomic mass is 10.2. The maximum atomic E-state index is 12.4. The monoisotopic (exact) mass is 434 g/mol. The standard InChI is InChI=1S/C23H19ClN4O3/c1-14-10-18(15(2)28(14)27-22(29)16-6-4-3-5-7-16)13-25-26-23(30)21-12-17-11-19(24)8-9-20(17)31-21/h3-13H,1-2H3,(H,26,30)(H,27,29)/b25-13-. The summed E-state index contributed by atoms with van der Waals surface area (Å²) in [6.07, 6.45) is 1.52. The molecule has 2 aromatic heterocycles. The van der Waals surface area contributed by atoms with Crippen molar-refractivity contribution in [2.24, 2.45) is 5.10 Å². The number of nitrogens with one attached hydrogen (secondary N) is 2. The first-order chi connectivity index (χ1) is 14.9. The van der Waals surface area contributed by atoms with E-state index in [0.29, 0.717) is 16.2 Å². The molecular formula is C23H19ClN4O3. The van der Waals surface area contributed by atoms with Crippen molar-refractivity contribution in [3.8, 4) is 0 Å². The minimum atomic E-state index is -0.477. The van der Waals surface area contributed by atoms with Crippen molar-refractivity contribution in [2.75, 3.05) is 5.43 Å². The molecule has 4 aromatic rings. The van der Waals surface area contributed by atoms with Gasteiger partial charge in [0.05, 0.1) is 6.21 Å². The van der Waals surface area contributed by atoms with Crippen molar-refractivity contribution in [1.82, 2.24) is 10.1 Å². The maximum absolute atomic E-state index is 12.4. The van der Waals surface area contributed by atoms with E-state index in [4.69, 9.17) is 16.0 Å². The number of amides is 2. The Morgan fingerprint density at radius 2 is 1.81 bits per heavy atom. The number of nitrogens with zero attached hydrogens (tertiary/aromatic N) is 2. The summed E-state index contributed by atoms with van der Waals surface area (Å²) >= 11 is 5.96. The molecule has 7 nitrogen and oxygen atoms in total. The fourth-order valence-electron chi connectivity index (χ4n) is 3.19. The Morgan fingerprint density at radius 1 is 1.03 bits per heavy atom. The number of halogens is 1. The molecule has 8 heteroatoms. The summed E-state index contributed by atoms with van der Waals surface area (Å²) in [6, 6.07) is 17.5. The van der Waals surface area contributed by atoms with Crippen LogP contribution >= 0.6 is 11.6 Å². The summed E-state index contributed by atoms with van der Waals surface area (Å²) < 4.78 is 7.21. The highest BCUT2D eigenvalue weighted by atomic mass is 35.5.